The Morgan fingerprint density at radius 1 is 0.531 bits per heavy atom. The van der Waals surface area contributed by atoms with Crippen LogP contribution in [0.1, 0.15) is 87.5 Å². The van der Waals surface area contributed by atoms with Crippen molar-refractivity contribution in [3.63, 3.8) is 0 Å². The Morgan fingerprint density at radius 2 is 0.781 bits per heavy atom. The molecule has 0 saturated carbocycles. The van der Waals surface area contributed by atoms with E-state index in [1.165, 1.54) is 72.3 Å². The van der Waals surface area contributed by atoms with Crippen LogP contribution in [0.5, 0.6) is 0 Å². The molecule has 0 fully saturated rings. The molecule has 2 aromatic carbocycles. The first kappa shape index (κ1) is 26.4. The van der Waals surface area contributed by atoms with Crippen LogP contribution in [-0.2, 0) is 0 Å². The fraction of sp³-hybridized carbons (Fsp3) is 0.533. The van der Waals surface area contributed by atoms with Gasteiger partial charge in [0.1, 0.15) is 0 Å². The van der Waals surface area contributed by atoms with E-state index in [0.717, 1.165) is 0 Å². The summed E-state index contributed by atoms with van der Waals surface area (Å²) in [5, 5.41) is 0.178. The van der Waals surface area contributed by atoms with Crippen molar-refractivity contribution < 1.29 is 0 Å². The van der Waals surface area contributed by atoms with Crippen molar-refractivity contribution in [1.29, 1.82) is 0 Å². The van der Waals surface area contributed by atoms with E-state index in [0.29, 0.717) is 0 Å². The SMILES string of the molecule is Cc1c(C)c(C)c(C(=C=N[Si](C)(C)C(C)(C)C)c2c(C)c(C)c(C)c(C)c2C)c(C)c1C. The predicted octanol–water partition coefficient (Wildman–Crippen LogP) is 8.88. The van der Waals surface area contributed by atoms with Crippen molar-refractivity contribution in [2.75, 3.05) is 0 Å². The van der Waals surface area contributed by atoms with Crippen molar-refractivity contribution in [1.82, 2.24) is 0 Å². The van der Waals surface area contributed by atoms with Crippen LogP contribution < -0.4 is 0 Å². The summed E-state index contributed by atoms with van der Waals surface area (Å²) in [4.78, 5) is 0. The first-order valence-electron chi connectivity index (χ1n) is 11.9. The smallest absolute Gasteiger partial charge is 0.193 e. The molecule has 174 valence electrons. The minimum Gasteiger partial charge on any atom is -0.282 e. The van der Waals surface area contributed by atoms with E-state index < -0.39 is 8.24 Å². The first-order chi connectivity index (χ1) is 14.5. The molecule has 0 N–H and O–H groups in total. The highest BCUT2D eigenvalue weighted by Crippen LogP contribution is 2.40. The van der Waals surface area contributed by atoms with Crippen LogP contribution in [0.2, 0.25) is 18.1 Å². The molecule has 0 saturated heterocycles. The Morgan fingerprint density at radius 3 is 1.03 bits per heavy atom. The Labute approximate surface area is 199 Å². The first-order valence-corrected chi connectivity index (χ1v) is 14.9. The van der Waals surface area contributed by atoms with Gasteiger partial charge in [-0.3, -0.25) is 4.66 Å². The van der Waals surface area contributed by atoms with E-state index >= 15 is 0 Å². The molecule has 2 heteroatoms. The Balaban J connectivity index is 3.16. The second kappa shape index (κ2) is 8.80. The maximum absolute atomic E-state index is 5.26. The van der Waals surface area contributed by atoms with Gasteiger partial charge in [0, 0.05) is 0 Å². The van der Waals surface area contributed by atoms with Crippen LogP contribution in [0, 0.1) is 69.2 Å². The molecule has 2 aromatic rings. The van der Waals surface area contributed by atoms with Crippen LogP contribution >= 0.6 is 0 Å². The summed E-state index contributed by atoms with van der Waals surface area (Å²) in [6.07, 6.45) is 0. The van der Waals surface area contributed by atoms with Gasteiger partial charge < -0.3 is 0 Å². The van der Waals surface area contributed by atoms with Gasteiger partial charge in [0.15, 0.2) is 8.24 Å². The molecule has 0 unspecified atom stereocenters. The lowest BCUT2D eigenvalue weighted by Crippen LogP contribution is -2.34. The van der Waals surface area contributed by atoms with Gasteiger partial charge in [-0.25, -0.2) is 0 Å². The lowest BCUT2D eigenvalue weighted by Gasteiger charge is -2.31. The van der Waals surface area contributed by atoms with Gasteiger partial charge in [-0.2, -0.15) is 0 Å². The zero-order valence-corrected chi connectivity index (χ0v) is 24.4. The molecule has 32 heavy (non-hydrogen) atoms. The summed E-state index contributed by atoms with van der Waals surface area (Å²) >= 11 is 0. The Bertz CT molecular complexity index is 1020. The van der Waals surface area contributed by atoms with Crippen molar-refractivity contribution in [3.8, 4) is 0 Å². The molecule has 0 aliphatic rings. The molecule has 2 rings (SSSR count). The summed E-state index contributed by atoms with van der Waals surface area (Å²) in [5.74, 6) is 3.71. The number of nitrogens with zero attached hydrogens (tertiary/aromatic N) is 1. The molecule has 0 atom stereocenters. The van der Waals surface area contributed by atoms with Crippen LogP contribution in [0.4, 0.5) is 0 Å². The lowest BCUT2D eigenvalue weighted by molar-refractivity contribution is 0.719. The van der Waals surface area contributed by atoms with E-state index in [1.807, 2.05) is 0 Å². The molecule has 0 radical (unpaired) electrons. The monoisotopic (exact) mass is 447 g/mol. The summed E-state index contributed by atoms with van der Waals surface area (Å²) in [7, 11) is -1.89. The van der Waals surface area contributed by atoms with Crippen molar-refractivity contribution in [2.24, 2.45) is 4.66 Å². The minimum atomic E-state index is -1.89. The van der Waals surface area contributed by atoms with E-state index in [2.05, 4.69) is 109 Å². The lowest BCUT2D eigenvalue weighted by atomic mass is 9.80. The number of rotatable bonds is 3. The highest BCUT2D eigenvalue weighted by molar-refractivity contribution is 6.79. The fourth-order valence-corrected chi connectivity index (χ4v) is 5.08. The zero-order chi connectivity index (χ0) is 24.9. The van der Waals surface area contributed by atoms with Gasteiger partial charge in [-0.1, -0.05) is 20.8 Å². The summed E-state index contributed by atoms with van der Waals surface area (Å²) in [5.41, 5.74) is 17.6. The number of hydrogen-bond acceptors (Lipinski definition) is 1. The summed E-state index contributed by atoms with van der Waals surface area (Å²) in [6.45, 7) is 34.3. The highest BCUT2D eigenvalue weighted by Gasteiger charge is 2.35. The molecule has 1 nitrogen and oxygen atoms in total. The topological polar surface area (TPSA) is 12.4 Å². The predicted molar refractivity (Wildman–Crippen MR) is 147 cm³/mol. The van der Waals surface area contributed by atoms with Gasteiger partial charge in [0.25, 0.3) is 0 Å². The number of hydrogen-bond donors (Lipinski definition) is 0. The molecule has 0 amide bonds. The van der Waals surface area contributed by atoms with Gasteiger partial charge in [-0.05, 0) is 160 Å². The average Bonchev–Trinajstić information content (AvgIpc) is 2.70. The quantitative estimate of drug-likeness (QED) is 0.329. The van der Waals surface area contributed by atoms with E-state index in [1.54, 1.807) is 0 Å². The van der Waals surface area contributed by atoms with Gasteiger partial charge >= 0.3 is 0 Å². The number of benzene rings is 2. The molecule has 0 aliphatic carbocycles. The van der Waals surface area contributed by atoms with E-state index in [4.69, 9.17) is 4.66 Å². The molecular formula is C30H45NSi. The summed E-state index contributed by atoms with van der Waals surface area (Å²) in [6, 6.07) is 0. The maximum Gasteiger partial charge on any atom is 0.193 e. The van der Waals surface area contributed by atoms with Crippen molar-refractivity contribution in [3.05, 3.63) is 66.8 Å². The Kier molecular flexibility index (Phi) is 7.25. The van der Waals surface area contributed by atoms with Gasteiger partial charge in [-0.15, -0.1) is 0 Å². The Hall–Kier alpha value is -1.89. The third kappa shape index (κ3) is 4.32. The maximum atomic E-state index is 5.26. The van der Waals surface area contributed by atoms with Gasteiger partial charge in [0.2, 0.25) is 0 Å². The van der Waals surface area contributed by atoms with Crippen LogP contribution in [-0.4, -0.2) is 14.1 Å². The standard InChI is InChI=1S/C30H45NSi/c1-17-19(3)23(7)28(24(8)20(17)4)27(16-31-32(14,15)30(11,12)13)29-25(9)21(5)18(2)22(6)26(29)10/h1-15H3. The fourth-order valence-electron chi connectivity index (χ4n) is 4.35. The van der Waals surface area contributed by atoms with Crippen molar-refractivity contribution >= 4 is 19.7 Å². The van der Waals surface area contributed by atoms with Crippen LogP contribution in [0.25, 0.3) is 5.57 Å². The molecule has 0 spiro atoms. The second-order valence-electron chi connectivity index (χ2n) is 11.4. The van der Waals surface area contributed by atoms with Crippen LogP contribution in [0.3, 0.4) is 0 Å². The normalized spacial score (nSPS) is 12.1. The van der Waals surface area contributed by atoms with Crippen molar-refractivity contribution in [2.45, 2.75) is 108 Å². The van der Waals surface area contributed by atoms with Crippen LogP contribution in [0.15, 0.2) is 4.66 Å². The minimum absolute atomic E-state index is 0.178. The third-order valence-corrected chi connectivity index (χ3v) is 13.1. The summed E-state index contributed by atoms with van der Waals surface area (Å²) < 4.78 is 5.26. The zero-order valence-electron chi connectivity index (χ0n) is 23.4. The molecule has 0 heterocycles. The average molecular weight is 448 g/mol. The molecule has 0 aliphatic heterocycles. The molecule has 0 aromatic heterocycles. The molecule has 0 bridgehead atoms. The highest BCUT2D eigenvalue weighted by atomic mass is 28.3. The van der Waals surface area contributed by atoms with E-state index in [9.17, 15) is 0 Å². The second-order valence-corrected chi connectivity index (χ2v) is 16.2. The largest absolute Gasteiger partial charge is 0.282 e. The third-order valence-electron chi connectivity index (χ3n) is 8.78. The molecular weight excluding hydrogens is 402 g/mol. The van der Waals surface area contributed by atoms with E-state index in [-0.39, 0.29) is 5.04 Å². The van der Waals surface area contributed by atoms with Gasteiger partial charge in [0.05, 0.1) is 5.57 Å².